The summed E-state index contributed by atoms with van der Waals surface area (Å²) in [5.74, 6) is 1.15. The van der Waals surface area contributed by atoms with Crippen LogP contribution in [-0.2, 0) is 6.42 Å². The quantitative estimate of drug-likeness (QED) is 0.632. The summed E-state index contributed by atoms with van der Waals surface area (Å²) in [6.07, 6.45) is 12.7. The molecule has 0 radical (unpaired) electrons. The Labute approximate surface area is 112 Å². The molecule has 0 spiro atoms. The van der Waals surface area contributed by atoms with Crippen LogP contribution in [0.2, 0.25) is 0 Å². The predicted octanol–water partition coefficient (Wildman–Crippen LogP) is 4.62. The van der Waals surface area contributed by atoms with Gasteiger partial charge in [0.15, 0.2) is 0 Å². The van der Waals surface area contributed by atoms with Gasteiger partial charge in [-0.05, 0) is 33.9 Å². The minimum atomic E-state index is 0.562. The smallest absolute Gasteiger partial charge is 0.0164 e. The van der Waals surface area contributed by atoms with Crippen molar-refractivity contribution in [2.45, 2.75) is 12.3 Å². The van der Waals surface area contributed by atoms with Crippen molar-refractivity contribution in [3.05, 3.63) is 76.9 Å². The first kappa shape index (κ1) is 9.80. The van der Waals surface area contributed by atoms with Gasteiger partial charge in [-0.15, -0.1) is 0 Å². The molecule has 0 heteroatoms. The molecule has 5 rings (SSSR count). The van der Waals surface area contributed by atoms with Crippen LogP contribution in [0, 0.1) is 5.92 Å². The lowest BCUT2D eigenvalue weighted by Gasteiger charge is -2.37. The van der Waals surface area contributed by atoms with Crippen LogP contribution in [0.25, 0.3) is 16.8 Å². The van der Waals surface area contributed by atoms with E-state index in [1.165, 1.54) is 21.9 Å². The third-order valence-corrected chi connectivity index (χ3v) is 4.84. The maximum atomic E-state index is 2.37. The molecule has 0 fully saturated rings. The van der Waals surface area contributed by atoms with Crippen molar-refractivity contribution in [2.24, 2.45) is 5.92 Å². The van der Waals surface area contributed by atoms with Gasteiger partial charge in [0, 0.05) is 11.8 Å². The lowest BCUT2D eigenvalue weighted by Crippen LogP contribution is -2.23. The highest BCUT2D eigenvalue weighted by atomic mass is 14.4. The van der Waals surface area contributed by atoms with E-state index in [9.17, 15) is 0 Å². The molecule has 2 unspecified atom stereocenters. The summed E-state index contributed by atoms with van der Waals surface area (Å²) in [6.45, 7) is 0. The highest BCUT2D eigenvalue weighted by Gasteiger charge is 2.34. The Balaban J connectivity index is 1.99. The van der Waals surface area contributed by atoms with Crippen molar-refractivity contribution >= 4 is 16.8 Å². The fourth-order valence-electron chi connectivity index (χ4n) is 4.05. The molecule has 3 aliphatic rings. The summed E-state index contributed by atoms with van der Waals surface area (Å²) < 4.78 is 0. The van der Waals surface area contributed by atoms with E-state index in [0.29, 0.717) is 11.8 Å². The van der Waals surface area contributed by atoms with Gasteiger partial charge < -0.3 is 0 Å². The summed E-state index contributed by atoms with van der Waals surface area (Å²) in [5, 5.41) is 2.92. The van der Waals surface area contributed by atoms with Crippen LogP contribution in [0.15, 0.2) is 60.2 Å². The molecule has 0 amide bonds. The minimum absolute atomic E-state index is 0.562. The van der Waals surface area contributed by atoms with E-state index in [2.05, 4.69) is 60.7 Å². The van der Waals surface area contributed by atoms with Gasteiger partial charge in [0.1, 0.15) is 0 Å². The molecule has 2 aromatic rings. The van der Waals surface area contributed by atoms with E-state index in [0.717, 1.165) is 6.42 Å². The zero-order valence-corrected chi connectivity index (χ0v) is 10.6. The van der Waals surface area contributed by atoms with E-state index in [-0.39, 0.29) is 0 Å². The van der Waals surface area contributed by atoms with Gasteiger partial charge in [-0.2, -0.15) is 0 Å². The highest BCUT2D eigenvalue weighted by molar-refractivity contribution is 5.95. The van der Waals surface area contributed by atoms with Gasteiger partial charge in [0.05, 0.1) is 0 Å². The van der Waals surface area contributed by atoms with Crippen LogP contribution in [-0.4, -0.2) is 0 Å². The molecule has 0 aliphatic heterocycles. The summed E-state index contributed by atoms with van der Waals surface area (Å²) in [6, 6.07) is 11.3. The summed E-state index contributed by atoms with van der Waals surface area (Å²) >= 11 is 0. The number of allylic oxidation sites excluding steroid dienone is 5. The average molecular weight is 242 g/mol. The number of rotatable bonds is 0. The number of benzene rings is 2. The molecule has 19 heavy (non-hydrogen) atoms. The van der Waals surface area contributed by atoms with Crippen LogP contribution in [0.3, 0.4) is 0 Å². The second-order valence-corrected chi connectivity index (χ2v) is 5.80. The van der Waals surface area contributed by atoms with E-state index in [1.54, 1.807) is 11.1 Å². The van der Waals surface area contributed by atoms with Crippen molar-refractivity contribution in [3.8, 4) is 0 Å². The molecule has 0 N–H and O–H groups in total. The van der Waals surface area contributed by atoms with Gasteiger partial charge in [-0.25, -0.2) is 0 Å². The van der Waals surface area contributed by atoms with Crippen molar-refractivity contribution in [2.75, 3.05) is 0 Å². The molecule has 2 atom stereocenters. The molecule has 90 valence electrons. The molecule has 0 nitrogen and oxygen atoms in total. The first-order valence-corrected chi connectivity index (χ1v) is 7.02. The fourth-order valence-corrected chi connectivity index (χ4v) is 4.05. The Bertz CT molecular complexity index is 802. The fraction of sp³-hybridized carbons (Fsp3) is 0.158. The van der Waals surface area contributed by atoms with E-state index < -0.39 is 0 Å². The Morgan fingerprint density at radius 3 is 3.00 bits per heavy atom. The molecule has 0 bridgehead atoms. The molecular weight excluding hydrogens is 228 g/mol. The molecule has 0 heterocycles. The van der Waals surface area contributed by atoms with Crippen LogP contribution < -0.4 is 0 Å². The van der Waals surface area contributed by atoms with Crippen LogP contribution in [0.4, 0.5) is 0 Å². The van der Waals surface area contributed by atoms with Gasteiger partial charge in [0.25, 0.3) is 0 Å². The molecule has 0 saturated carbocycles. The average Bonchev–Trinajstić information content (AvgIpc) is 2.47. The van der Waals surface area contributed by atoms with E-state index in [4.69, 9.17) is 0 Å². The van der Waals surface area contributed by atoms with Gasteiger partial charge in [-0.3, -0.25) is 0 Å². The highest BCUT2D eigenvalue weighted by Crippen LogP contribution is 2.49. The molecule has 3 aliphatic carbocycles. The third-order valence-electron chi connectivity index (χ3n) is 4.84. The lowest BCUT2D eigenvalue weighted by molar-refractivity contribution is 0.638. The number of hydrogen-bond donors (Lipinski definition) is 0. The van der Waals surface area contributed by atoms with Crippen LogP contribution in [0.1, 0.15) is 22.6 Å². The van der Waals surface area contributed by atoms with Crippen LogP contribution in [0.5, 0.6) is 0 Å². The second-order valence-electron chi connectivity index (χ2n) is 5.80. The maximum Gasteiger partial charge on any atom is 0.0164 e. The molecule has 0 saturated heterocycles. The Morgan fingerprint density at radius 2 is 2.00 bits per heavy atom. The monoisotopic (exact) mass is 242 g/mol. The van der Waals surface area contributed by atoms with Gasteiger partial charge >= 0.3 is 0 Å². The SMILES string of the molecule is C1=CC2C=Cc3ccc4cccc5c4c3C2C(=C1)C5. The Kier molecular flexibility index (Phi) is 1.69. The van der Waals surface area contributed by atoms with Crippen LogP contribution >= 0.6 is 0 Å². The zero-order chi connectivity index (χ0) is 12.4. The third kappa shape index (κ3) is 1.14. The Hall–Kier alpha value is -2.08. The predicted molar refractivity (Wildman–Crippen MR) is 80.1 cm³/mol. The summed E-state index contributed by atoms with van der Waals surface area (Å²) in [5.41, 5.74) is 6.08. The summed E-state index contributed by atoms with van der Waals surface area (Å²) in [7, 11) is 0. The van der Waals surface area contributed by atoms with E-state index >= 15 is 0 Å². The lowest BCUT2D eigenvalue weighted by atomic mass is 9.66. The first-order chi connectivity index (χ1) is 9.42. The van der Waals surface area contributed by atoms with Crippen molar-refractivity contribution in [1.29, 1.82) is 0 Å². The van der Waals surface area contributed by atoms with Gasteiger partial charge in [0.2, 0.25) is 0 Å². The topological polar surface area (TPSA) is 0 Å². The normalized spacial score (nSPS) is 25.6. The largest absolute Gasteiger partial charge is 0.0767 e. The maximum absolute atomic E-state index is 2.37. The van der Waals surface area contributed by atoms with E-state index in [1.807, 2.05) is 0 Å². The zero-order valence-electron chi connectivity index (χ0n) is 10.6. The molecule has 0 aromatic heterocycles. The number of hydrogen-bond acceptors (Lipinski definition) is 0. The van der Waals surface area contributed by atoms with Crippen molar-refractivity contribution in [3.63, 3.8) is 0 Å². The minimum Gasteiger partial charge on any atom is -0.0767 e. The first-order valence-electron chi connectivity index (χ1n) is 7.02. The Morgan fingerprint density at radius 1 is 1.00 bits per heavy atom. The summed E-state index contributed by atoms with van der Waals surface area (Å²) in [4.78, 5) is 0. The molecule has 2 aromatic carbocycles. The van der Waals surface area contributed by atoms with Crippen molar-refractivity contribution in [1.82, 2.24) is 0 Å². The van der Waals surface area contributed by atoms with Gasteiger partial charge in [-0.1, -0.05) is 66.3 Å². The second kappa shape index (κ2) is 3.27. The standard InChI is InChI=1S/C19H14/c1-3-12-7-9-14-10-8-13-4-2-6-16-11-15(5-1)17(12)19(14)18(13)16/h1-10,12,17H,11H2. The molecular formula is C19H14. The van der Waals surface area contributed by atoms with Crippen molar-refractivity contribution < 1.29 is 0 Å².